The highest BCUT2D eigenvalue weighted by Gasteiger charge is 2.54. The average Bonchev–Trinajstić information content (AvgIpc) is 3.37. The molecule has 3 aliphatic carbocycles. The first-order valence-corrected chi connectivity index (χ1v) is 17.4. The van der Waals surface area contributed by atoms with Gasteiger partial charge in [-0.25, -0.2) is 0 Å². The summed E-state index contributed by atoms with van der Waals surface area (Å²) in [6.07, 6.45) is 0. The zero-order valence-electron chi connectivity index (χ0n) is 27.5. The van der Waals surface area contributed by atoms with Gasteiger partial charge < -0.3 is 4.90 Å². The van der Waals surface area contributed by atoms with E-state index in [1.165, 1.54) is 88.6 Å². The number of benzene rings is 8. The Kier molecular flexibility index (Phi) is 5.17. The first kappa shape index (κ1) is 27.1. The number of anilines is 3. The zero-order chi connectivity index (χ0) is 32.5. The molecular weight excluding hydrogens is 591 g/mol. The molecule has 0 saturated carbocycles. The Bertz CT molecular complexity index is 2650. The lowest BCUT2D eigenvalue weighted by Gasteiger charge is -2.52. The van der Waals surface area contributed by atoms with Crippen molar-refractivity contribution in [3.63, 3.8) is 0 Å². The van der Waals surface area contributed by atoms with Gasteiger partial charge in [0.25, 0.3) is 0 Å². The van der Waals surface area contributed by atoms with E-state index in [2.05, 4.69) is 183 Å². The van der Waals surface area contributed by atoms with Crippen molar-refractivity contribution in [3.05, 3.63) is 197 Å². The Labute approximate surface area is 286 Å². The van der Waals surface area contributed by atoms with E-state index in [0.717, 1.165) is 5.69 Å². The van der Waals surface area contributed by atoms with E-state index in [1.54, 1.807) is 0 Å². The first-order valence-electron chi connectivity index (χ1n) is 17.4. The normalized spacial score (nSPS) is 15.1. The van der Waals surface area contributed by atoms with Gasteiger partial charge in [-0.2, -0.15) is 0 Å². The maximum Gasteiger partial charge on any atom is 0.0726 e. The molecule has 0 amide bonds. The smallest absolute Gasteiger partial charge is 0.0726 e. The number of nitrogens with zero attached hydrogens (tertiary/aromatic N) is 1. The summed E-state index contributed by atoms with van der Waals surface area (Å²) in [6, 6.07) is 61.2. The van der Waals surface area contributed by atoms with E-state index >= 15 is 0 Å². The van der Waals surface area contributed by atoms with Crippen LogP contribution < -0.4 is 4.90 Å². The van der Waals surface area contributed by atoms with Gasteiger partial charge in [-0.1, -0.05) is 147 Å². The molecule has 0 unspecified atom stereocenters. The van der Waals surface area contributed by atoms with Crippen molar-refractivity contribution in [3.8, 4) is 22.3 Å². The van der Waals surface area contributed by atoms with Gasteiger partial charge in [0.2, 0.25) is 0 Å². The van der Waals surface area contributed by atoms with Crippen LogP contribution in [0.2, 0.25) is 0 Å². The standard InChI is InChI=1S/C48H33N/c1-47(2)38-20-7-6-18-35(38)36-25-24-34(29-43(36)47)49(33-17-8-16-32(28-33)30-12-4-3-5-13-30)44-27-26-42-46-37(44)19-11-23-41(46)48(42)39-21-9-14-31-15-10-22-40(48)45(31)39/h3-29H,1-2H3. The maximum absolute atomic E-state index is 2.50. The van der Waals surface area contributed by atoms with Gasteiger partial charge in [0, 0.05) is 22.2 Å². The molecule has 0 atom stereocenters. The second-order valence-corrected chi connectivity index (χ2v) is 14.5. The second kappa shape index (κ2) is 9.36. The summed E-state index contributed by atoms with van der Waals surface area (Å²) in [5.41, 5.74) is 17.0. The Morgan fingerprint density at radius 2 is 1.02 bits per heavy atom. The number of fused-ring (bicyclic) bond motifs is 7. The highest BCUT2D eigenvalue weighted by molar-refractivity contribution is 6.14. The largest absolute Gasteiger partial charge is 0.310 e. The van der Waals surface area contributed by atoms with Gasteiger partial charge in [-0.3, -0.25) is 0 Å². The lowest BCUT2D eigenvalue weighted by Crippen LogP contribution is -2.43. The Morgan fingerprint density at radius 3 is 1.84 bits per heavy atom. The Morgan fingerprint density at radius 1 is 0.408 bits per heavy atom. The molecule has 1 heteroatoms. The fourth-order valence-corrected chi connectivity index (χ4v) is 9.64. The van der Waals surface area contributed by atoms with Crippen LogP contribution >= 0.6 is 0 Å². The van der Waals surface area contributed by atoms with E-state index in [4.69, 9.17) is 0 Å². The summed E-state index contributed by atoms with van der Waals surface area (Å²) < 4.78 is 0. The average molecular weight is 624 g/mol. The molecule has 0 aromatic heterocycles. The summed E-state index contributed by atoms with van der Waals surface area (Å²) in [7, 11) is 0. The maximum atomic E-state index is 2.50. The number of rotatable bonds is 4. The highest BCUT2D eigenvalue weighted by atomic mass is 15.1. The van der Waals surface area contributed by atoms with Gasteiger partial charge >= 0.3 is 0 Å². The second-order valence-electron chi connectivity index (χ2n) is 14.5. The summed E-state index contributed by atoms with van der Waals surface area (Å²) in [4.78, 5) is 2.50. The fraction of sp³-hybridized carbons (Fsp3) is 0.0833. The van der Waals surface area contributed by atoms with Crippen molar-refractivity contribution < 1.29 is 0 Å². The minimum atomic E-state index is -0.134. The lowest BCUT2D eigenvalue weighted by atomic mass is 9.49. The SMILES string of the molecule is CC1(C)c2ccccc2-c2ccc(N(c3cccc(-c4ccccc4)c3)c3ccc4c5c(cccc35)C43c4cccc5cccc3c45)cc21. The Balaban J connectivity index is 1.13. The molecular formula is C48H33N. The van der Waals surface area contributed by atoms with Crippen molar-refractivity contribution in [1.82, 2.24) is 0 Å². The van der Waals surface area contributed by atoms with Gasteiger partial charge in [-0.05, 0) is 102 Å². The summed E-state index contributed by atoms with van der Waals surface area (Å²) >= 11 is 0. The minimum absolute atomic E-state index is 0.0883. The van der Waals surface area contributed by atoms with Crippen molar-refractivity contribution in [2.75, 3.05) is 4.90 Å². The third-order valence-corrected chi connectivity index (χ3v) is 11.8. The zero-order valence-corrected chi connectivity index (χ0v) is 27.5. The van der Waals surface area contributed by atoms with Gasteiger partial charge in [0.15, 0.2) is 0 Å². The summed E-state index contributed by atoms with van der Waals surface area (Å²) in [5, 5.41) is 5.46. The summed E-state index contributed by atoms with van der Waals surface area (Å²) in [5.74, 6) is 0. The Hall–Kier alpha value is -5.92. The molecule has 8 aromatic carbocycles. The highest BCUT2D eigenvalue weighted by Crippen LogP contribution is 2.65. The van der Waals surface area contributed by atoms with Crippen LogP contribution in [0.1, 0.15) is 47.2 Å². The molecule has 0 fully saturated rings. The number of hydrogen-bond donors (Lipinski definition) is 0. The predicted octanol–water partition coefficient (Wildman–Crippen LogP) is 12.4. The van der Waals surface area contributed by atoms with E-state index < -0.39 is 0 Å². The van der Waals surface area contributed by atoms with E-state index in [1.807, 2.05) is 0 Å². The van der Waals surface area contributed by atoms with Crippen LogP contribution in [0.4, 0.5) is 17.1 Å². The molecule has 0 radical (unpaired) electrons. The van der Waals surface area contributed by atoms with Crippen LogP contribution in [-0.2, 0) is 10.8 Å². The van der Waals surface area contributed by atoms with E-state index in [-0.39, 0.29) is 10.8 Å². The van der Waals surface area contributed by atoms with Crippen LogP contribution in [-0.4, -0.2) is 0 Å². The van der Waals surface area contributed by atoms with Crippen molar-refractivity contribution in [1.29, 1.82) is 0 Å². The van der Waals surface area contributed by atoms with E-state index in [0.29, 0.717) is 0 Å². The molecule has 0 bridgehead atoms. The monoisotopic (exact) mass is 623 g/mol. The molecule has 230 valence electrons. The molecule has 0 heterocycles. The van der Waals surface area contributed by atoms with Crippen molar-refractivity contribution in [2.24, 2.45) is 0 Å². The fourth-order valence-electron chi connectivity index (χ4n) is 9.64. The molecule has 0 N–H and O–H groups in total. The molecule has 49 heavy (non-hydrogen) atoms. The topological polar surface area (TPSA) is 3.24 Å². The lowest BCUT2D eigenvalue weighted by molar-refractivity contribution is 0.660. The minimum Gasteiger partial charge on any atom is -0.310 e. The molecule has 8 aromatic rings. The van der Waals surface area contributed by atoms with Gasteiger partial charge in [-0.15, -0.1) is 0 Å². The van der Waals surface area contributed by atoms with Gasteiger partial charge in [0.05, 0.1) is 11.1 Å². The third-order valence-electron chi connectivity index (χ3n) is 11.8. The molecule has 1 nitrogen and oxygen atoms in total. The van der Waals surface area contributed by atoms with Crippen LogP contribution in [0.3, 0.4) is 0 Å². The first-order chi connectivity index (χ1) is 24.1. The third kappa shape index (κ3) is 3.30. The molecule has 0 aliphatic heterocycles. The predicted molar refractivity (Wildman–Crippen MR) is 205 cm³/mol. The van der Waals surface area contributed by atoms with Crippen LogP contribution in [0.5, 0.6) is 0 Å². The van der Waals surface area contributed by atoms with Crippen LogP contribution in [0.25, 0.3) is 43.8 Å². The molecule has 0 saturated heterocycles. The summed E-state index contributed by atoms with van der Waals surface area (Å²) in [6.45, 7) is 4.74. The van der Waals surface area contributed by atoms with E-state index in [9.17, 15) is 0 Å². The van der Waals surface area contributed by atoms with Gasteiger partial charge in [0.1, 0.15) is 0 Å². The molecule has 11 rings (SSSR count). The van der Waals surface area contributed by atoms with Crippen molar-refractivity contribution in [2.45, 2.75) is 24.7 Å². The van der Waals surface area contributed by atoms with Crippen LogP contribution in [0, 0.1) is 0 Å². The molecule has 3 aliphatic rings. The van der Waals surface area contributed by atoms with Crippen LogP contribution in [0.15, 0.2) is 164 Å². The van der Waals surface area contributed by atoms with Crippen molar-refractivity contribution >= 4 is 38.6 Å². The molecule has 1 spiro atoms. The number of hydrogen-bond acceptors (Lipinski definition) is 1. The quantitative estimate of drug-likeness (QED) is 0.189.